The number of rotatable bonds is 6. The summed E-state index contributed by atoms with van der Waals surface area (Å²) in [7, 11) is 1.55. The highest BCUT2D eigenvalue weighted by atomic mass is 16.2. The first-order valence-electron chi connectivity index (χ1n) is 10.2. The van der Waals surface area contributed by atoms with Crippen LogP contribution in [0.3, 0.4) is 0 Å². The van der Waals surface area contributed by atoms with Gasteiger partial charge in [0.1, 0.15) is 5.69 Å². The number of likely N-dealkylation sites (N-methyl/N-ethyl adjacent to an activating group) is 1. The van der Waals surface area contributed by atoms with Gasteiger partial charge in [-0.15, -0.1) is 0 Å². The number of nitrogens with zero attached hydrogens (tertiary/aromatic N) is 4. The minimum Gasteiger partial charge on any atom is -0.352 e. The van der Waals surface area contributed by atoms with E-state index >= 15 is 0 Å². The van der Waals surface area contributed by atoms with E-state index < -0.39 is 0 Å². The average Bonchev–Trinajstić information content (AvgIpc) is 3.05. The standard InChI is InChI=1S/C22H29N5O3/c1-15(2)23-20(28)14-25(4)21(29)18-12-19-22(30)26(10-5-11-27(19)24-18)13-17-8-6-16(3)7-9-17/h6-9,12,15H,5,10-11,13-14H2,1-4H3,(H,23,28). The van der Waals surface area contributed by atoms with Gasteiger partial charge in [0.25, 0.3) is 11.8 Å². The van der Waals surface area contributed by atoms with Crippen molar-refractivity contribution < 1.29 is 14.4 Å². The summed E-state index contributed by atoms with van der Waals surface area (Å²) < 4.78 is 1.60. The summed E-state index contributed by atoms with van der Waals surface area (Å²) in [5, 5.41) is 7.11. The highest BCUT2D eigenvalue weighted by molar-refractivity contribution is 5.99. The summed E-state index contributed by atoms with van der Waals surface area (Å²) in [4.78, 5) is 40.9. The molecule has 3 amide bonds. The molecule has 0 saturated heterocycles. The van der Waals surface area contributed by atoms with E-state index in [2.05, 4.69) is 10.4 Å². The first-order chi connectivity index (χ1) is 14.2. The lowest BCUT2D eigenvalue weighted by molar-refractivity contribution is -0.122. The van der Waals surface area contributed by atoms with E-state index in [9.17, 15) is 14.4 Å². The molecule has 0 unspecified atom stereocenters. The van der Waals surface area contributed by atoms with Crippen LogP contribution in [0.5, 0.6) is 0 Å². The molecule has 0 aliphatic carbocycles. The fourth-order valence-corrected chi connectivity index (χ4v) is 3.45. The third-order valence-corrected chi connectivity index (χ3v) is 4.97. The summed E-state index contributed by atoms with van der Waals surface area (Å²) >= 11 is 0. The molecule has 0 bridgehead atoms. The molecule has 0 fully saturated rings. The monoisotopic (exact) mass is 411 g/mol. The molecule has 1 aromatic heterocycles. The molecule has 8 heteroatoms. The van der Waals surface area contributed by atoms with Gasteiger partial charge in [0.2, 0.25) is 5.91 Å². The molecule has 1 aliphatic rings. The van der Waals surface area contributed by atoms with Crippen LogP contribution in [0.15, 0.2) is 30.3 Å². The summed E-state index contributed by atoms with van der Waals surface area (Å²) in [6.45, 7) is 7.40. The van der Waals surface area contributed by atoms with Gasteiger partial charge in [0.15, 0.2) is 5.69 Å². The first-order valence-corrected chi connectivity index (χ1v) is 10.2. The lowest BCUT2D eigenvalue weighted by Gasteiger charge is -2.20. The summed E-state index contributed by atoms with van der Waals surface area (Å²) in [5.41, 5.74) is 2.82. The van der Waals surface area contributed by atoms with Gasteiger partial charge in [-0.3, -0.25) is 19.1 Å². The predicted molar refractivity (Wildman–Crippen MR) is 113 cm³/mol. The Morgan fingerprint density at radius 3 is 2.57 bits per heavy atom. The summed E-state index contributed by atoms with van der Waals surface area (Å²) in [6.07, 6.45) is 0.756. The molecule has 0 atom stereocenters. The maximum atomic E-state index is 13.1. The molecule has 2 heterocycles. The van der Waals surface area contributed by atoms with E-state index in [1.807, 2.05) is 45.0 Å². The highest BCUT2D eigenvalue weighted by Gasteiger charge is 2.27. The zero-order valence-electron chi connectivity index (χ0n) is 18.0. The molecule has 1 aromatic carbocycles. The Kier molecular flexibility index (Phi) is 6.54. The molecule has 3 rings (SSSR count). The Bertz CT molecular complexity index is 933. The fourth-order valence-electron chi connectivity index (χ4n) is 3.45. The van der Waals surface area contributed by atoms with E-state index in [0.717, 1.165) is 12.0 Å². The molecule has 2 aromatic rings. The second-order valence-electron chi connectivity index (χ2n) is 8.09. The lowest BCUT2D eigenvalue weighted by Crippen LogP contribution is -2.41. The molecular formula is C22H29N5O3. The van der Waals surface area contributed by atoms with E-state index in [0.29, 0.717) is 25.3 Å². The van der Waals surface area contributed by atoms with Gasteiger partial charge in [0.05, 0.1) is 6.54 Å². The van der Waals surface area contributed by atoms with E-state index in [4.69, 9.17) is 0 Å². The number of carbonyl (C=O) groups is 3. The molecule has 0 radical (unpaired) electrons. The van der Waals surface area contributed by atoms with Gasteiger partial charge in [-0.2, -0.15) is 5.10 Å². The number of nitrogens with one attached hydrogen (secondary N) is 1. The Morgan fingerprint density at radius 1 is 1.20 bits per heavy atom. The Morgan fingerprint density at radius 2 is 1.90 bits per heavy atom. The maximum Gasteiger partial charge on any atom is 0.274 e. The van der Waals surface area contributed by atoms with Crippen molar-refractivity contribution in [2.45, 2.75) is 46.3 Å². The Labute approximate surface area is 176 Å². The third kappa shape index (κ3) is 5.06. The Hall–Kier alpha value is -3.16. The SMILES string of the molecule is Cc1ccc(CN2CCCn3nc(C(=O)N(C)CC(=O)NC(C)C)cc3C2=O)cc1. The van der Waals surface area contributed by atoms with Crippen LogP contribution in [0.1, 0.15) is 52.4 Å². The maximum absolute atomic E-state index is 13.1. The molecule has 0 saturated carbocycles. The number of aryl methyl sites for hydroxylation is 2. The van der Waals surface area contributed by atoms with Crippen molar-refractivity contribution in [2.24, 2.45) is 0 Å². The smallest absolute Gasteiger partial charge is 0.274 e. The average molecular weight is 412 g/mol. The molecule has 1 aliphatic heterocycles. The number of amides is 3. The van der Waals surface area contributed by atoms with Crippen LogP contribution in [-0.4, -0.2) is 63.5 Å². The molecule has 160 valence electrons. The number of hydrogen-bond donors (Lipinski definition) is 1. The van der Waals surface area contributed by atoms with Crippen LogP contribution in [-0.2, 0) is 17.9 Å². The van der Waals surface area contributed by atoms with Crippen LogP contribution in [0.4, 0.5) is 0 Å². The minimum absolute atomic E-state index is 0.00167. The fraction of sp³-hybridized carbons (Fsp3) is 0.455. The van der Waals surface area contributed by atoms with Crippen LogP contribution in [0.25, 0.3) is 0 Å². The van der Waals surface area contributed by atoms with Crippen LogP contribution in [0.2, 0.25) is 0 Å². The summed E-state index contributed by atoms with van der Waals surface area (Å²) in [5.74, 6) is -0.755. The normalized spacial score (nSPS) is 13.8. The number of aromatic nitrogens is 2. The summed E-state index contributed by atoms with van der Waals surface area (Å²) in [6, 6.07) is 9.65. The van der Waals surface area contributed by atoms with Crippen molar-refractivity contribution in [3.8, 4) is 0 Å². The van der Waals surface area contributed by atoms with E-state index in [-0.39, 0.29) is 36.0 Å². The zero-order chi connectivity index (χ0) is 21.8. The second-order valence-corrected chi connectivity index (χ2v) is 8.09. The molecule has 30 heavy (non-hydrogen) atoms. The van der Waals surface area contributed by atoms with Crippen LogP contribution < -0.4 is 5.32 Å². The van der Waals surface area contributed by atoms with E-state index in [1.54, 1.807) is 16.6 Å². The number of hydrogen-bond acceptors (Lipinski definition) is 4. The molecule has 8 nitrogen and oxygen atoms in total. The minimum atomic E-state index is -0.382. The molecule has 1 N–H and O–H groups in total. The predicted octanol–water partition coefficient (Wildman–Crippen LogP) is 1.83. The molecular weight excluding hydrogens is 382 g/mol. The van der Waals surface area contributed by atoms with E-state index in [1.165, 1.54) is 16.5 Å². The van der Waals surface area contributed by atoms with Gasteiger partial charge in [0, 0.05) is 38.8 Å². The van der Waals surface area contributed by atoms with Crippen molar-refractivity contribution in [2.75, 3.05) is 20.1 Å². The van der Waals surface area contributed by atoms with Crippen molar-refractivity contribution in [1.82, 2.24) is 24.9 Å². The second kappa shape index (κ2) is 9.11. The van der Waals surface area contributed by atoms with Crippen molar-refractivity contribution >= 4 is 17.7 Å². The van der Waals surface area contributed by atoms with Crippen LogP contribution in [0, 0.1) is 6.92 Å². The zero-order valence-corrected chi connectivity index (χ0v) is 18.0. The first kappa shape index (κ1) is 21.5. The molecule has 0 spiro atoms. The number of carbonyl (C=O) groups excluding carboxylic acids is 3. The van der Waals surface area contributed by atoms with Gasteiger partial charge in [-0.25, -0.2) is 0 Å². The van der Waals surface area contributed by atoms with Crippen molar-refractivity contribution in [3.63, 3.8) is 0 Å². The largest absolute Gasteiger partial charge is 0.352 e. The Balaban J connectivity index is 1.73. The van der Waals surface area contributed by atoms with Gasteiger partial charge in [-0.05, 0) is 32.8 Å². The van der Waals surface area contributed by atoms with Crippen LogP contribution >= 0.6 is 0 Å². The lowest BCUT2D eigenvalue weighted by atomic mass is 10.1. The third-order valence-electron chi connectivity index (χ3n) is 4.97. The number of benzene rings is 1. The quantitative estimate of drug-likeness (QED) is 0.786. The van der Waals surface area contributed by atoms with Gasteiger partial charge < -0.3 is 15.1 Å². The number of fused-ring (bicyclic) bond motifs is 1. The highest BCUT2D eigenvalue weighted by Crippen LogP contribution is 2.17. The topological polar surface area (TPSA) is 87.5 Å². The van der Waals surface area contributed by atoms with Crippen molar-refractivity contribution in [1.29, 1.82) is 0 Å². The van der Waals surface area contributed by atoms with Gasteiger partial charge in [-0.1, -0.05) is 29.8 Å². The van der Waals surface area contributed by atoms with Gasteiger partial charge >= 0.3 is 0 Å². The van der Waals surface area contributed by atoms with Crippen molar-refractivity contribution in [3.05, 3.63) is 52.8 Å².